The Kier molecular flexibility index (Phi) is 3.32. The Morgan fingerprint density at radius 1 is 1.20 bits per heavy atom. The molecule has 0 aliphatic heterocycles. The Morgan fingerprint density at radius 2 is 1.75 bits per heavy atom. The van der Waals surface area contributed by atoms with Gasteiger partial charge >= 0.3 is 5.97 Å². The van der Waals surface area contributed by atoms with Crippen LogP contribution in [-0.2, 0) is 0 Å². The summed E-state index contributed by atoms with van der Waals surface area (Å²) in [7, 11) is 0. The molecular weight excluding hydrogens is 256 g/mol. The van der Waals surface area contributed by atoms with E-state index in [0.29, 0.717) is 12.5 Å². The molecule has 5 nitrogen and oxygen atoms in total. The van der Waals surface area contributed by atoms with E-state index in [-0.39, 0.29) is 28.1 Å². The fourth-order valence-electron chi connectivity index (χ4n) is 2.81. The third-order valence-electron chi connectivity index (χ3n) is 4.99. The van der Waals surface area contributed by atoms with Crippen molar-refractivity contribution in [3.63, 3.8) is 0 Å². The molecule has 0 radical (unpaired) electrons. The fourth-order valence-corrected chi connectivity index (χ4v) is 2.81. The number of hydrogen-bond acceptors (Lipinski definition) is 3. The van der Waals surface area contributed by atoms with Crippen LogP contribution in [0.15, 0.2) is 18.2 Å². The van der Waals surface area contributed by atoms with Crippen LogP contribution in [0, 0.1) is 16.7 Å². The van der Waals surface area contributed by atoms with Gasteiger partial charge in [-0.15, -0.1) is 0 Å². The molecule has 1 aliphatic carbocycles. The Balaban J connectivity index is 2.00. The summed E-state index contributed by atoms with van der Waals surface area (Å²) >= 11 is 0. The number of nitrogens with zero attached hydrogens (tertiary/aromatic N) is 1. The van der Waals surface area contributed by atoms with Gasteiger partial charge < -0.3 is 10.4 Å². The summed E-state index contributed by atoms with van der Waals surface area (Å²) in [6.45, 7) is 9.33. The fraction of sp³-hybridized carbons (Fsp3) is 0.533. The highest BCUT2D eigenvalue weighted by Gasteiger charge is 2.64. The van der Waals surface area contributed by atoms with Gasteiger partial charge in [-0.1, -0.05) is 33.8 Å². The summed E-state index contributed by atoms with van der Waals surface area (Å²) in [4.78, 5) is 26.7. The van der Waals surface area contributed by atoms with Crippen LogP contribution < -0.4 is 5.32 Å². The highest BCUT2D eigenvalue weighted by Crippen LogP contribution is 2.67. The summed E-state index contributed by atoms with van der Waals surface area (Å²) in [6.07, 6.45) is 0. The molecule has 0 atom stereocenters. The molecule has 108 valence electrons. The van der Waals surface area contributed by atoms with Crippen molar-refractivity contribution >= 4 is 11.9 Å². The van der Waals surface area contributed by atoms with Gasteiger partial charge in [0.25, 0.3) is 5.91 Å². The van der Waals surface area contributed by atoms with Gasteiger partial charge in [0.2, 0.25) is 0 Å². The van der Waals surface area contributed by atoms with Crippen LogP contribution in [0.4, 0.5) is 0 Å². The van der Waals surface area contributed by atoms with Gasteiger partial charge in [-0.25, -0.2) is 9.78 Å². The number of aromatic carboxylic acids is 1. The maximum Gasteiger partial charge on any atom is 0.354 e. The quantitative estimate of drug-likeness (QED) is 0.883. The second kappa shape index (κ2) is 4.58. The van der Waals surface area contributed by atoms with Crippen LogP contribution in [0.25, 0.3) is 0 Å². The molecular formula is C15H20N2O3. The molecule has 0 spiro atoms. The van der Waals surface area contributed by atoms with Crippen LogP contribution in [0.2, 0.25) is 0 Å². The summed E-state index contributed by atoms with van der Waals surface area (Å²) in [5.74, 6) is -1.04. The van der Waals surface area contributed by atoms with Gasteiger partial charge in [0.05, 0.1) is 0 Å². The van der Waals surface area contributed by atoms with E-state index >= 15 is 0 Å². The molecule has 1 amide bonds. The third-order valence-corrected chi connectivity index (χ3v) is 4.99. The first-order valence-electron chi connectivity index (χ1n) is 6.66. The summed E-state index contributed by atoms with van der Waals surface area (Å²) in [5, 5.41) is 11.7. The predicted molar refractivity (Wildman–Crippen MR) is 74.6 cm³/mol. The van der Waals surface area contributed by atoms with Crippen LogP contribution in [0.3, 0.4) is 0 Å². The lowest BCUT2D eigenvalue weighted by atomic mass is 10.0. The van der Waals surface area contributed by atoms with E-state index in [1.807, 2.05) is 0 Å². The number of hydrogen-bond donors (Lipinski definition) is 2. The van der Waals surface area contributed by atoms with Crippen molar-refractivity contribution in [2.24, 2.45) is 16.7 Å². The van der Waals surface area contributed by atoms with Crippen molar-refractivity contribution < 1.29 is 14.7 Å². The number of carboxylic acid groups (broad SMARTS) is 1. The van der Waals surface area contributed by atoms with Crippen molar-refractivity contribution in [3.8, 4) is 0 Å². The molecule has 0 unspecified atom stereocenters. The van der Waals surface area contributed by atoms with Gasteiger partial charge in [-0.3, -0.25) is 4.79 Å². The molecule has 5 heteroatoms. The summed E-state index contributed by atoms with van der Waals surface area (Å²) < 4.78 is 0. The number of nitrogens with one attached hydrogen (secondary N) is 1. The van der Waals surface area contributed by atoms with E-state index < -0.39 is 5.97 Å². The Hall–Kier alpha value is -1.91. The third kappa shape index (κ3) is 2.28. The number of carbonyl (C=O) groups is 2. The monoisotopic (exact) mass is 276 g/mol. The standard InChI is InChI=1S/C15H20N2O3/c1-14(2)11(15(14,3)4)8-16-12(18)9-6-5-7-10(17-9)13(19)20/h5-7,11H,8H2,1-4H3,(H,16,18)(H,19,20). The maximum atomic E-state index is 12.0. The van der Waals surface area contributed by atoms with Gasteiger partial charge in [0.15, 0.2) is 0 Å². The lowest BCUT2D eigenvalue weighted by Crippen LogP contribution is -2.28. The van der Waals surface area contributed by atoms with Gasteiger partial charge in [-0.2, -0.15) is 0 Å². The smallest absolute Gasteiger partial charge is 0.354 e. The highest BCUT2D eigenvalue weighted by molar-refractivity contribution is 5.94. The van der Waals surface area contributed by atoms with Crippen LogP contribution in [0.5, 0.6) is 0 Å². The molecule has 2 N–H and O–H groups in total. The van der Waals surface area contributed by atoms with Crippen LogP contribution in [-0.4, -0.2) is 28.5 Å². The normalized spacial score (nSPS) is 19.4. The minimum absolute atomic E-state index is 0.121. The number of pyridine rings is 1. The Bertz CT molecular complexity index is 550. The van der Waals surface area contributed by atoms with Crippen molar-refractivity contribution in [1.29, 1.82) is 0 Å². The highest BCUT2D eigenvalue weighted by atomic mass is 16.4. The molecule has 1 aliphatic rings. The number of aromatic nitrogens is 1. The zero-order valence-corrected chi connectivity index (χ0v) is 12.2. The first-order chi connectivity index (χ1) is 9.18. The molecule has 2 rings (SSSR count). The summed E-state index contributed by atoms with van der Waals surface area (Å²) in [5.41, 5.74) is 0.429. The SMILES string of the molecule is CC1(C)C(CNC(=O)c2cccc(C(=O)O)n2)C1(C)C. The first-order valence-corrected chi connectivity index (χ1v) is 6.66. The lowest BCUT2D eigenvalue weighted by molar-refractivity contribution is 0.0690. The number of rotatable bonds is 4. The molecule has 1 saturated carbocycles. The molecule has 1 aromatic heterocycles. The van der Waals surface area contributed by atoms with E-state index in [1.165, 1.54) is 18.2 Å². The Labute approximate surface area is 118 Å². The zero-order valence-electron chi connectivity index (χ0n) is 12.2. The number of carboxylic acids is 1. The summed E-state index contributed by atoms with van der Waals surface area (Å²) in [6, 6.07) is 4.41. The van der Waals surface area contributed by atoms with Crippen LogP contribution >= 0.6 is 0 Å². The zero-order chi connectivity index (χ0) is 15.1. The van der Waals surface area contributed by atoms with Crippen molar-refractivity contribution in [2.45, 2.75) is 27.7 Å². The minimum Gasteiger partial charge on any atom is -0.477 e. The molecule has 0 bridgehead atoms. The van der Waals surface area contributed by atoms with Gasteiger partial charge in [-0.05, 0) is 28.9 Å². The van der Waals surface area contributed by atoms with Gasteiger partial charge in [0, 0.05) is 6.54 Å². The topological polar surface area (TPSA) is 79.3 Å². The lowest BCUT2D eigenvalue weighted by Gasteiger charge is -2.06. The molecule has 20 heavy (non-hydrogen) atoms. The van der Waals surface area contributed by atoms with Gasteiger partial charge in [0.1, 0.15) is 11.4 Å². The molecule has 1 heterocycles. The second-order valence-electron chi connectivity index (χ2n) is 6.42. The largest absolute Gasteiger partial charge is 0.477 e. The average Bonchev–Trinajstić information content (AvgIpc) is 2.77. The van der Waals surface area contributed by atoms with Crippen molar-refractivity contribution in [1.82, 2.24) is 10.3 Å². The van der Waals surface area contributed by atoms with E-state index in [9.17, 15) is 9.59 Å². The molecule has 0 aromatic carbocycles. The number of amides is 1. The van der Waals surface area contributed by atoms with E-state index in [0.717, 1.165) is 0 Å². The number of carbonyl (C=O) groups excluding carboxylic acids is 1. The minimum atomic E-state index is -1.14. The average molecular weight is 276 g/mol. The van der Waals surface area contributed by atoms with Crippen molar-refractivity contribution in [2.75, 3.05) is 6.54 Å². The molecule has 0 saturated heterocycles. The predicted octanol–water partition coefficient (Wildman–Crippen LogP) is 2.19. The second-order valence-corrected chi connectivity index (χ2v) is 6.42. The van der Waals surface area contributed by atoms with E-state index in [1.54, 1.807) is 0 Å². The maximum absolute atomic E-state index is 12.0. The molecule has 1 aromatic rings. The van der Waals surface area contributed by atoms with E-state index in [4.69, 9.17) is 5.11 Å². The van der Waals surface area contributed by atoms with Crippen molar-refractivity contribution in [3.05, 3.63) is 29.6 Å². The first kappa shape index (κ1) is 14.5. The van der Waals surface area contributed by atoms with E-state index in [2.05, 4.69) is 38.0 Å². The Morgan fingerprint density at radius 3 is 2.25 bits per heavy atom. The molecule has 1 fully saturated rings. The van der Waals surface area contributed by atoms with Crippen LogP contribution in [0.1, 0.15) is 48.7 Å².